The molecule has 0 saturated carbocycles. The molecule has 1 N–H and O–H groups in total. The predicted octanol–water partition coefficient (Wildman–Crippen LogP) is 3.32. The zero-order chi connectivity index (χ0) is 13.4. The molecule has 1 unspecified atom stereocenters. The van der Waals surface area contributed by atoms with E-state index < -0.39 is 6.10 Å². The number of aliphatic hydroxyl groups is 1. The van der Waals surface area contributed by atoms with Gasteiger partial charge in [0.1, 0.15) is 11.9 Å². The van der Waals surface area contributed by atoms with Gasteiger partial charge in [0.15, 0.2) is 0 Å². The van der Waals surface area contributed by atoms with Crippen LogP contribution in [0.15, 0.2) is 36.4 Å². The summed E-state index contributed by atoms with van der Waals surface area (Å²) in [7, 11) is 0. The predicted molar refractivity (Wildman–Crippen MR) is 75.6 cm³/mol. The van der Waals surface area contributed by atoms with Crippen LogP contribution < -0.4 is 4.74 Å². The third-order valence-electron chi connectivity index (χ3n) is 3.76. The van der Waals surface area contributed by atoms with E-state index in [1.165, 1.54) is 11.1 Å². The second kappa shape index (κ2) is 4.71. The molecule has 0 radical (unpaired) electrons. The van der Waals surface area contributed by atoms with Crippen molar-refractivity contribution in [2.45, 2.75) is 26.4 Å². The highest BCUT2D eigenvalue weighted by molar-refractivity contribution is 5.49. The van der Waals surface area contributed by atoms with Crippen molar-refractivity contribution < 1.29 is 9.84 Å². The van der Waals surface area contributed by atoms with E-state index in [0.717, 1.165) is 28.9 Å². The standard InChI is InChI=1S/C17H18O2/c1-11-6-7-14(12(2)10-11)16(18)15-5-3-4-13-8-9-19-17(13)15/h3-7,10,16,18H,8-9H2,1-2H3. The SMILES string of the molecule is Cc1ccc(C(O)c2cccc3c2OCC3)c(C)c1. The van der Waals surface area contributed by atoms with Crippen molar-refractivity contribution in [2.75, 3.05) is 6.61 Å². The quantitative estimate of drug-likeness (QED) is 0.890. The summed E-state index contributed by atoms with van der Waals surface area (Å²) in [6, 6.07) is 12.2. The molecular weight excluding hydrogens is 236 g/mol. The Morgan fingerprint density at radius 3 is 2.74 bits per heavy atom. The van der Waals surface area contributed by atoms with E-state index in [-0.39, 0.29) is 0 Å². The molecule has 1 atom stereocenters. The molecule has 2 aromatic carbocycles. The van der Waals surface area contributed by atoms with Gasteiger partial charge < -0.3 is 9.84 Å². The van der Waals surface area contributed by atoms with Crippen molar-refractivity contribution in [3.05, 3.63) is 64.2 Å². The smallest absolute Gasteiger partial charge is 0.128 e. The number of benzene rings is 2. The van der Waals surface area contributed by atoms with Crippen LogP contribution >= 0.6 is 0 Å². The molecule has 0 aromatic heterocycles. The maximum Gasteiger partial charge on any atom is 0.128 e. The molecule has 0 fully saturated rings. The molecule has 3 rings (SSSR count). The van der Waals surface area contributed by atoms with Gasteiger partial charge in [0, 0.05) is 12.0 Å². The molecular formula is C17H18O2. The lowest BCUT2D eigenvalue weighted by molar-refractivity contribution is 0.213. The average Bonchev–Trinajstić information content (AvgIpc) is 2.86. The second-order valence-corrected chi connectivity index (χ2v) is 5.20. The fraction of sp³-hybridized carbons (Fsp3) is 0.294. The Balaban J connectivity index is 2.05. The summed E-state index contributed by atoms with van der Waals surface area (Å²) in [4.78, 5) is 0. The van der Waals surface area contributed by atoms with Gasteiger partial charge in [0.05, 0.1) is 6.61 Å². The third-order valence-corrected chi connectivity index (χ3v) is 3.76. The number of aliphatic hydroxyl groups excluding tert-OH is 1. The van der Waals surface area contributed by atoms with Gasteiger partial charge in [-0.05, 0) is 30.5 Å². The summed E-state index contributed by atoms with van der Waals surface area (Å²) in [5.74, 6) is 0.870. The van der Waals surface area contributed by atoms with Crippen LogP contribution in [0, 0.1) is 13.8 Å². The van der Waals surface area contributed by atoms with Crippen LogP contribution in [-0.4, -0.2) is 11.7 Å². The molecule has 0 aliphatic carbocycles. The van der Waals surface area contributed by atoms with Gasteiger partial charge in [0.25, 0.3) is 0 Å². The van der Waals surface area contributed by atoms with E-state index in [9.17, 15) is 5.11 Å². The molecule has 2 aromatic rings. The minimum absolute atomic E-state index is 0.617. The first-order valence-corrected chi connectivity index (χ1v) is 6.66. The zero-order valence-corrected chi connectivity index (χ0v) is 11.3. The van der Waals surface area contributed by atoms with Crippen LogP contribution in [-0.2, 0) is 6.42 Å². The van der Waals surface area contributed by atoms with Crippen LogP contribution in [0.25, 0.3) is 0 Å². The summed E-state index contributed by atoms with van der Waals surface area (Å²) in [5, 5.41) is 10.6. The van der Waals surface area contributed by atoms with Gasteiger partial charge in [-0.25, -0.2) is 0 Å². The number of aryl methyl sites for hydroxylation is 2. The fourth-order valence-electron chi connectivity index (χ4n) is 2.76. The Kier molecular flexibility index (Phi) is 3.03. The van der Waals surface area contributed by atoms with Crippen molar-refractivity contribution in [1.29, 1.82) is 0 Å². The largest absolute Gasteiger partial charge is 0.493 e. The number of rotatable bonds is 2. The van der Waals surface area contributed by atoms with Crippen LogP contribution in [0.4, 0.5) is 0 Å². The second-order valence-electron chi connectivity index (χ2n) is 5.20. The molecule has 2 heteroatoms. The number of fused-ring (bicyclic) bond motifs is 1. The van der Waals surface area contributed by atoms with Crippen molar-refractivity contribution in [3.63, 3.8) is 0 Å². The Morgan fingerprint density at radius 2 is 1.95 bits per heavy atom. The first-order valence-electron chi connectivity index (χ1n) is 6.66. The maximum atomic E-state index is 10.6. The summed E-state index contributed by atoms with van der Waals surface area (Å²) < 4.78 is 5.68. The van der Waals surface area contributed by atoms with Crippen molar-refractivity contribution in [3.8, 4) is 5.75 Å². The maximum absolute atomic E-state index is 10.6. The Labute approximate surface area is 113 Å². The molecule has 98 valence electrons. The molecule has 0 amide bonds. The van der Waals surface area contributed by atoms with E-state index in [1.807, 2.05) is 31.2 Å². The Hall–Kier alpha value is -1.80. The number of para-hydroxylation sites is 1. The fourth-order valence-corrected chi connectivity index (χ4v) is 2.76. The molecule has 2 nitrogen and oxygen atoms in total. The minimum Gasteiger partial charge on any atom is -0.493 e. The topological polar surface area (TPSA) is 29.5 Å². The molecule has 0 bridgehead atoms. The zero-order valence-electron chi connectivity index (χ0n) is 11.3. The lowest BCUT2D eigenvalue weighted by atomic mass is 9.94. The normalized spacial score (nSPS) is 14.9. The lowest BCUT2D eigenvalue weighted by Gasteiger charge is -2.17. The van der Waals surface area contributed by atoms with E-state index in [4.69, 9.17) is 4.74 Å². The highest BCUT2D eigenvalue weighted by atomic mass is 16.5. The molecule has 0 saturated heterocycles. The summed E-state index contributed by atoms with van der Waals surface area (Å²) >= 11 is 0. The molecule has 19 heavy (non-hydrogen) atoms. The van der Waals surface area contributed by atoms with Gasteiger partial charge in [-0.1, -0.05) is 42.0 Å². The lowest BCUT2D eigenvalue weighted by Crippen LogP contribution is -2.04. The highest BCUT2D eigenvalue weighted by Gasteiger charge is 2.22. The Bertz CT molecular complexity index is 617. The summed E-state index contributed by atoms with van der Waals surface area (Å²) in [5.41, 5.74) is 5.35. The number of hydrogen-bond acceptors (Lipinski definition) is 2. The number of ether oxygens (including phenoxy) is 1. The molecule has 1 aliphatic heterocycles. The molecule has 1 heterocycles. The van der Waals surface area contributed by atoms with Gasteiger partial charge in [-0.3, -0.25) is 0 Å². The van der Waals surface area contributed by atoms with Crippen molar-refractivity contribution in [2.24, 2.45) is 0 Å². The van der Waals surface area contributed by atoms with Gasteiger partial charge in [0.2, 0.25) is 0 Å². The van der Waals surface area contributed by atoms with E-state index in [2.05, 4.69) is 19.1 Å². The van der Waals surface area contributed by atoms with Gasteiger partial charge in [-0.15, -0.1) is 0 Å². The molecule has 1 aliphatic rings. The van der Waals surface area contributed by atoms with Crippen molar-refractivity contribution >= 4 is 0 Å². The highest BCUT2D eigenvalue weighted by Crippen LogP contribution is 2.36. The minimum atomic E-state index is -0.617. The third kappa shape index (κ3) is 2.13. The monoisotopic (exact) mass is 254 g/mol. The first-order chi connectivity index (χ1) is 9.16. The van der Waals surface area contributed by atoms with Crippen LogP contribution in [0.1, 0.15) is 33.9 Å². The van der Waals surface area contributed by atoms with Gasteiger partial charge in [-0.2, -0.15) is 0 Å². The van der Waals surface area contributed by atoms with Crippen molar-refractivity contribution in [1.82, 2.24) is 0 Å². The van der Waals surface area contributed by atoms with Crippen LogP contribution in [0.3, 0.4) is 0 Å². The van der Waals surface area contributed by atoms with Gasteiger partial charge >= 0.3 is 0 Å². The van der Waals surface area contributed by atoms with Crippen LogP contribution in [0.5, 0.6) is 5.75 Å². The van der Waals surface area contributed by atoms with E-state index in [0.29, 0.717) is 6.61 Å². The number of hydrogen-bond donors (Lipinski definition) is 1. The first kappa shape index (κ1) is 12.2. The van der Waals surface area contributed by atoms with Crippen LogP contribution in [0.2, 0.25) is 0 Å². The van der Waals surface area contributed by atoms with E-state index >= 15 is 0 Å². The molecule has 0 spiro atoms. The summed E-state index contributed by atoms with van der Waals surface area (Å²) in [6.07, 6.45) is 0.316. The average molecular weight is 254 g/mol. The summed E-state index contributed by atoms with van der Waals surface area (Å²) in [6.45, 7) is 4.81. The Morgan fingerprint density at radius 1 is 1.11 bits per heavy atom. The van der Waals surface area contributed by atoms with E-state index in [1.54, 1.807) is 0 Å².